The summed E-state index contributed by atoms with van der Waals surface area (Å²) in [4.78, 5) is 42.2. The van der Waals surface area contributed by atoms with Crippen LogP contribution in [0.15, 0.2) is 47.5 Å². The number of Topliss-reactive ketones (excluding diaryl/α,β-unsaturated/α-hetero) is 1. The fourth-order valence-electron chi connectivity index (χ4n) is 2.66. The Kier molecular flexibility index (Phi) is 6.62. The standard InChI is InChI=1S/C20H17Cl2N3O3S/c1-11(26)12-4-3-5-13(8-12)23-18(27)10-17-19(28)25(2)20(29-17)24-14-6-7-15(21)16(22)9-14/h3-9,17H,10H2,1-2H3,(H,23,27)/t17-/m1/s1. The monoisotopic (exact) mass is 449 g/mol. The third-order valence-electron chi connectivity index (χ3n) is 4.19. The van der Waals surface area contributed by atoms with Crippen LogP contribution < -0.4 is 5.32 Å². The van der Waals surface area contributed by atoms with Gasteiger partial charge >= 0.3 is 0 Å². The van der Waals surface area contributed by atoms with Crippen LogP contribution in [0.3, 0.4) is 0 Å². The van der Waals surface area contributed by atoms with Crippen molar-refractivity contribution >= 4 is 69.1 Å². The summed E-state index contributed by atoms with van der Waals surface area (Å²) < 4.78 is 0. The van der Waals surface area contributed by atoms with E-state index in [1.165, 1.54) is 23.6 Å². The Balaban J connectivity index is 1.68. The summed E-state index contributed by atoms with van der Waals surface area (Å²) in [5.74, 6) is -0.616. The van der Waals surface area contributed by atoms with Crippen LogP contribution in [0.4, 0.5) is 11.4 Å². The molecule has 1 N–H and O–H groups in total. The highest BCUT2D eigenvalue weighted by molar-refractivity contribution is 8.15. The molecule has 6 nitrogen and oxygen atoms in total. The first-order valence-electron chi connectivity index (χ1n) is 8.63. The van der Waals surface area contributed by atoms with Gasteiger partial charge in [-0.05, 0) is 37.3 Å². The van der Waals surface area contributed by atoms with E-state index in [9.17, 15) is 14.4 Å². The molecule has 1 saturated heterocycles. The van der Waals surface area contributed by atoms with E-state index in [0.717, 1.165) is 0 Å². The van der Waals surface area contributed by atoms with E-state index < -0.39 is 5.25 Å². The van der Waals surface area contributed by atoms with Gasteiger partial charge in [-0.25, -0.2) is 4.99 Å². The van der Waals surface area contributed by atoms with E-state index in [1.807, 2.05) is 0 Å². The molecule has 1 aliphatic heterocycles. The van der Waals surface area contributed by atoms with Gasteiger partial charge in [0.15, 0.2) is 11.0 Å². The molecule has 0 saturated carbocycles. The average Bonchev–Trinajstić information content (AvgIpc) is 2.92. The molecule has 150 valence electrons. The molecule has 2 aromatic carbocycles. The van der Waals surface area contributed by atoms with Crippen LogP contribution in [0.1, 0.15) is 23.7 Å². The number of benzene rings is 2. The Morgan fingerprint density at radius 2 is 1.93 bits per heavy atom. The number of hydrogen-bond acceptors (Lipinski definition) is 5. The first-order chi connectivity index (χ1) is 13.7. The topological polar surface area (TPSA) is 78.8 Å². The minimum absolute atomic E-state index is 0.0153. The third-order valence-corrected chi connectivity index (χ3v) is 6.16. The quantitative estimate of drug-likeness (QED) is 0.665. The van der Waals surface area contributed by atoms with Gasteiger partial charge in [0.1, 0.15) is 5.25 Å². The predicted octanol–water partition coefficient (Wildman–Crippen LogP) is 4.79. The second kappa shape index (κ2) is 8.98. The third kappa shape index (κ3) is 5.18. The number of thioether (sulfide) groups is 1. The summed E-state index contributed by atoms with van der Waals surface area (Å²) in [6.45, 7) is 1.46. The summed E-state index contributed by atoms with van der Waals surface area (Å²) in [6.07, 6.45) is -0.0153. The maximum Gasteiger partial charge on any atom is 0.242 e. The number of ketones is 1. The number of rotatable bonds is 5. The first kappa shape index (κ1) is 21.4. The molecule has 0 unspecified atom stereocenters. The van der Waals surface area contributed by atoms with E-state index in [4.69, 9.17) is 23.2 Å². The van der Waals surface area contributed by atoms with Crippen molar-refractivity contribution in [3.63, 3.8) is 0 Å². The van der Waals surface area contributed by atoms with Crippen molar-refractivity contribution in [1.29, 1.82) is 0 Å². The molecule has 2 amide bonds. The summed E-state index contributed by atoms with van der Waals surface area (Å²) in [5, 5.41) is 3.41. The van der Waals surface area contributed by atoms with Crippen LogP contribution in [-0.4, -0.2) is 40.0 Å². The van der Waals surface area contributed by atoms with Crippen LogP contribution in [0.5, 0.6) is 0 Å². The van der Waals surface area contributed by atoms with Crippen molar-refractivity contribution < 1.29 is 14.4 Å². The number of halogens is 2. The van der Waals surface area contributed by atoms with Gasteiger partial charge in [-0.3, -0.25) is 19.3 Å². The van der Waals surface area contributed by atoms with Crippen molar-refractivity contribution in [1.82, 2.24) is 4.90 Å². The second-order valence-corrected chi connectivity index (χ2v) is 8.37. The largest absolute Gasteiger partial charge is 0.326 e. The molecule has 0 radical (unpaired) electrons. The molecule has 29 heavy (non-hydrogen) atoms. The highest BCUT2D eigenvalue weighted by Crippen LogP contribution is 2.32. The lowest BCUT2D eigenvalue weighted by molar-refractivity contribution is -0.127. The van der Waals surface area contributed by atoms with E-state index in [0.29, 0.717) is 32.2 Å². The summed E-state index contributed by atoms with van der Waals surface area (Å²) in [5.41, 5.74) is 1.58. The molecule has 1 fully saturated rings. The van der Waals surface area contributed by atoms with Crippen molar-refractivity contribution in [3.05, 3.63) is 58.1 Å². The molecule has 0 spiro atoms. The number of carbonyl (C=O) groups is 3. The predicted molar refractivity (Wildman–Crippen MR) is 117 cm³/mol. The molecule has 2 aromatic rings. The zero-order valence-electron chi connectivity index (χ0n) is 15.6. The summed E-state index contributed by atoms with van der Waals surface area (Å²) >= 11 is 13.1. The van der Waals surface area contributed by atoms with Gasteiger partial charge in [0.25, 0.3) is 0 Å². The highest BCUT2D eigenvalue weighted by atomic mass is 35.5. The Labute approximate surface area is 182 Å². The number of anilines is 1. The maximum absolute atomic E-state index is 12.5. The molecule has 1 atom stereocenters. The number of carbonyl (C=O) groups excluding carboxylic acids is 3. The highest BCUT2D eigenvalue weighted by Gasteiger charge is 2.37. The molecule has 0 aliphatic carbocycles. The average molecular weight is 450 g/mol. The minimum atomic E-state index is -0.586. The van der Waals surface area contributed by atoms with Gasteiger partial charge in [0.05, 0.1) is 15.7 Å². The Morgan fingerprint density at radius 3 is 2.62 bits per heavy atom. The number of hydrogen-bond donors (Lipinski definition) is 1. The van der Waals surface area contributed by atoms with E-state index in [2.05, 4.69) is 10.3 Å². The lowest BCUT2D eigenvalue weighted by Gasteiger charge is -2.10. The van der Waals surface area contributed by atoms with E-state index in [-0.39, 0.29) is 24.0 Å². The van der Waals surface area contributed by atoms with Gasteiger partial charge in [-0.2, -0.15) is 0 Å². The van der Waals surface area contributed by atoms with Crippen molar-refractivity contribution in [2.75, 3.05) is 12.4 Å². The molecule has 0 bridgehead atoms. The lowest BCUT2D eigenvalue weighted by Crippen LogP contribution is -2.30. The molecule has 0 aromatic heterocycles. The van der Waals surface area contributed by atoms with Crippen molar-refractivity contribution in [3.8, 4) is 0 Å². The van der Waals surface area contributed by atoms with E-state index in [1.54, 1.807) is 49.5 Å². The number of nitrogens with one attached hydrogen (secondary N) is 1. The SMILES string of the molecule is CC(=O)c1cccc(NC(=O)C[C@H]2SC(=Nc3ccc(Cl)c(Cl)c3)N(C)C2=O)c1. The van der Waals surface area contributed by atoms with Crippen molar-refractivity contribution in [2.24, 2.45) is 4.99 Å². The van der Waals surface area contributed by atoms with Crippen LogP contribution >= 0.6 is 35.0 Å². The fraction of sp³-hybridized carbons (Fsp3) is 0.200. The zero-order valence-corrected chi connectivity index (χ0v) is 17.9. The van der Waals surface area contributed by atoms with Gasteiger partial charge in [-0.1, -0.05) is 47.1 Å². The number of aliphatic imine (C=N–C) groups is 1. The van der Waals surface area contributed by atoms with Crippen LogP contribution in [0.2, 0.25) is 10.0 Å². The van der Waals surface area contributed by atoms with Crippen LogP contribution in [0.25, 0.3) is 0 Å². The molecule has 1 aliphatic rings. The number of nitrogens with zero attached hydrogens (tertiary/aromatic N) is 2. The Bertz CT molecular complexity index is 1030. The van der Waals surface area contributed by atoms with Crippen molar-refractivity contribution in [2.45, 2.75) is 18.6 Å². The van der Waals surface area contributed by atoms with E-state index >= 15 is 0 Å². The molecule has 9 heteroatoms. The summed E-state index contributed by atoms with van der Waals surface area (Å²) in [7, 11) is 1.61. The Hall–Kier alpha value is -2.35. The Morgan fingerprint density at radius 1 is 1.17 bits per heavy atom. The maximum atomic E-state index is 12.5. The first-order valence-corrected chi connectivity index (χ1v) is 10.3. The number of amides is 2. The molecule has 1 heterocycles. The zero-order chi connectivity index (χ0) is 21.1. The molecule has 3 rings (SSSR count). The lowest BCUT2D eigenvalue weighted by atomic mass is 10.1. The fourth-order valence-corrected chi connectivity index (χ4v) is 4.11. The number of amidine groups is 1. The van der Waals surface area contributed by atoms with Crippen LogP contribution in [0, 0.1) is 0 Å². The normalized spacial score (nSPS) is 17.7. The smallest absolute Gasteiger partial charge is 0.242 e. The summed E-state index contributed by atoms with van der Waals surface area (Å²) in [6, 6.07) is 11.6. The van der Waals surface area contributed by atoms with Gasteiger partial charge < -0.3 is 5.32 Å². The molecular weight excluding hydrogens is 433 g/mol. The van der Waals surface area contributed by atoms with Gasteiger partial charge in [0, 0.05) is 24.7 Å². The minimum Gasteiger partial charge on any atom is -0.326 e. The van der Waals surface area contributed by atoms with Crippen LogP contribution in [-0.2, 0) is 9.59 Å². The van der Waals surface area contributed by atoms with Gasteiger partial charge in [-0.15, -0.1) is 0 Å². The second-order valence-electron chi connectivity index (χ2n) is 6.39. The van der Waals surface area contributed by atoms with Gasteiger partial charge in [0.2, 0.25) is 11.8 Å². The molecular formula is C20H17Cl2N3O3S.